The average molecular weight is 302 g/mol. The van der Waals surface area contributed by atoms with Crippen LogP contribution in [0.1, 0.15) is 26.3 Å². The maximum absolute atomic E-state index is 9.20. The number of hydrogen-bond acceptors (Lipinski definition) is 3. The molecule has 3 nitrogen and oxygen atoms in total. The van der Waals surface area contributed by atoms with Gasteiger partial charge in [0.15, 0.2) is 0 Å². The quantitative estimate of drug-likeness (QED) is 0.849. The smallest absolute Gasteiger partial charge is 0.124 e. The van der Waals surface area contributed by atoms with Crippen LogP contribution in [0.2, 0.25) is 0 Å². The first kappa shape index (κ1) is 14.5. The lowest BCUT2D eigenvalue weighted by Crippen LogP contribution is -2.24. The summed E-state index contributed by atoms with van der Waals surface area (Å²) in [6.45, 7) is 7.05. The molecule has 0 heterocycles. The van der Waals surface area contributed by atoms with Gasteiger partial charge < -0.3 is 15.2 Å². The number of rotatable bonds is 6. The predicted octanol–water partition coefficient (Wildman–Crippen LogP) is 2.71. The summed E-state index contributed by atoms with van der Waals surface area (Å²) in [5.41, 5.74) is 1.09. The largest absolute Gasteiger partial charge is 0.491 e. The molecule has 0 aliphatic carbocycles. The van der Waals surface area contributed by atoms with Gasteiger partial charge in [0.1, 0.15) is 5.75 Å². The molecular formula is C13H20BrNO2. The summed E-state index contributed by atoms with van der Waals surface area (Å²) < 4.78 is 6.76. The number of ether oxygens (including phenoxy) is 1. The molecule has 96 valence electrons. The second kappa shape index (κ2) is 6.99. The average Bonchev–Trinajstić information content (AvgIpc) is 2.21. The van der Waals surface area contributed by atoms with Gasteiger partial charge in [0, 0.05) is 23.1 Å². The zero-order valence-corrected chi connectivity index (χ0v) is 12.1. The van der Waals surface area contributed by atoms with Gasteiger partial charge in [-0.05, 0) is 39.0 Å². The van der Waals surface area contributed by atoms with Crippen LogP contribution < -0.4 is 10.1 Å². The van der Waals surface area contributed by atoms with Crippen molar-refractivity contribution in [3.8, 4) is 5.75 Å². The number of aliphatic hydroxyl groups is 1. The van der Waals surface area contributed by atoms with Gasteiger partial charge in [-0.15, -0.1) is 0 Å². The molecule has 0 bridgehead atoms. The second-order valence-electron chi connectivity index (χ2n) is 4.40. The second-order valence-corrected chi connectivity index (χ2v) is 5.31. The Balaban J connectivity index is 2.69. The molecule has 2 N–H and O–H groups in total. The molecule has 1 rings (SSSR count). The number of benzene rings is 1. The van der Waals surface area contributed by atoms with Gasteiger partial charge >= 0.3 is 0 Å². The van der Waals surface area contributed by atoms with Crippen LogP contribution in [0.4, 0.5) is 0 Å². The Morgan fingerprint density at radius 3 is 2.65 bits per heavy atom. The Bertz CT molecular complexity index is 353. The highest BCUT2D eigenvalue weighted by molar-refractivity contribution is 9.10. The zero-order chi connectivity index (χ0) is 12.8. The van der Waals surface area contributed by atoms with Gasteiger partial charge in [0.25, 0.3) is 0 Å². The van der Waals surface area contributed by atoms with Crippen LogP contribution in [0.15, 0.2) is 22.7 Å². The summed E-state index contributed by atoms with van der Waals surface area (Å²) in [6, 6.07) is 5.96. The number of aliphatic hydroxyl groups excluding tert-OH is 1. The molecular weight excluding hydrogens is 282 g/mol. The van der Waals surface area contributed by atoms with E-state index in [0.29, 0.717) is 13.1 Å². The van der Waals surface area contributed by atoms with Crippen molar-refractivity contribution in [3.63, 3.8) is 0 Å². The van der Waals surface area contributed by atoms with E-state index >= 15 is 0 Å². The lowest BCUT2D eigenvalue weighted by molar-refractivity contribution is 0.190. The van der Waals surface area contributed by atoms with Gasteiger partial charge in [-0.2, -0.15) is 0 Å². The van der Waals surface area contributed by atoms with Gasteiger partial charge in [-0.25, -0.2) is 0 Å². The molecule has 0 amide bonds. The minimum Gasteiger partial charge on any atom is -0.491 e. The van der Waals surface area contributed by atoms with Crippen LogP contribution in [0.5, 0.6) is 5.75 Å². The molecule has 0 saturated carbocycles. The van der Waals surface area contributed by atoms with Gasteiger partial charge in [-0.3, -0.25) is 0 Å². The molecule has 0 fully saturated rings. The monoisotopic (exact) mass is 301 g/mol. The van der Waals surface area contributed by atoms with Crippen LogP contribution in [0, 0.1) is 0 Å². The van der Waals surface area contributed by atoms with Gasteiger partial charge in [-0.1, -0.05) is 15.9 Å². The minimum atomic E-state index is -0.336. The molecule has 0 aliphatic heterocycles. The third-order valence-electron chi connectivity index (χ3n) is 2.14. The number of hydrogen-bond donors (Lipinski definition) is 2. The first-order valence-corrected chi connectivity index (χ1v) is 6.62. The van der Waals surface area contributed by atoms with E-state index in [1.54, 1.807) is 6.92 Å². The lowest BCUT2D eigenvalue weighted by Gasteiger charge is -2.15. The fourth-order valence-corrected chi connectivity index (χ4v) is 1.88. The van der Waals surface area contributed by atoms with Crippen molar-refractivity contribution in [1.82, 2.24) is 5.32 Å². The third-order valence-corrected chi connectivity index (χ3v) is 2.63. The maximum atomic E-state index is 9.20. The van der Waals surface area contributed by atoms with Crippen LogP contribution in [0.25, 0.3) is 0 Å². The van der Waals surface area contributed by atoms with E-state index in [2.05, 4.69) is 21.2 Å². The topological polar surface area (TPSA) is 41.5 Å². The molecule has 0 saturated heterocycles. The maximum Gasteiger partial charge on any atom is 0.124 e. The summed E-state index contributed by atoms with van der Waals surface area (Å²) >= 11 is 3.45. The highest BCUT2D eigenvalue weighted by Crippen LogP contribution is 2.24. The van der Waals surface area contributed by atoms with Crippen LogP contribution >= 0.6 is 15.9 Å². The van der Waals surface area contributed by atoms with E-state index < -0.39 is 0 Å². The summed E-state index contributed by atoms with van der Waals surface area (Å²) in [4.78, 5) is 0. The normalized spacial score (nSPS) is 12.8. The molecule has 4 heteroatoms. The summed E-state index contributed by atoms with van der Waals surface area (Å²) in [5.74, 6) is 0.890. The molecule has 0 radical (unpaired) electrons. The van der Waals surface area contributed by atoms with Crippen LogP contribution in [-0.4, -0.2) is 23.9 Å². The first-order chi connectivity index (χ1) is 7.99. The van der Waals surface area contributed by atoms with E-state index in [4.69, 9.17) is 4.74 Å². The van der Waals surface area contributed by atoms with Gasteiger partial charge in [0.2, 0.25) is 0 Å². The van der Waals surface area contributed by atoms with Crippen LogP contribution in [0.3, 0.4) is 0 Å². The molecule has 1 aromatic rings. The van der Waals surface area contributed by atoms with Crippen molar-refractivity contribution >= 4 is 15.9 Å². The first-order valence-electron chi connectivity index (χ1n) is 5.83. The number of nitrogens with one attached hydrogen (secondary N) is 1. The van der Waals surface area contributed by atoms with E-state index in [0.717, 1.165) is 15.8 Å². The van der Waals surface area contributed by atoms with E-state index in [1.807, 2.05) is 32.0 Å². The molecule has 1 aromatic carbocycles. The number of halogens is 1. The Hall–Kier alpha value is -0.580. The van der Waals surface area contributed by atoms with E-state index in [1.165, 1.54) is 0 Å². The molecule has 1 atom stereocenters. The fourth-order valence-electron chi connectivity index (χ4n) is 1.47. The predicted molar refractivity (Wildman–Crippen MR) is 73.3 cm³/mol. The Kier molecular flexibility index (Phi) is 5.95. The molecule has 0 aromatic heterocycles. The van der Waals surface area contributed by atoms with E-state index in [-0.39, 0.29) is 12.2 Å². The highest BCUT2D eigenvalue weighted by Gasteiger charge is 2.06. The summed E-state index contributed by atoms with van der Waals surface area (Å²) in [7, 11) is 0. The Labute approximate surface area is 111 Å². The van der Waals surface area contributed by atoms with Crippen molar-refractivity contribution in [1.29, 1.82) is 0 Å². The van der Waals surface area contributed by atoms with Crippen molar-refractivity contribution < 1.29 is 9.84 Å². The van der Waals surface area contributed by atoms with Crippen molar-refractivity contribution in [2.24, 2.45) is 0 Å². The highest BCUT2D eigenvalue weighted by atomic mass is 79.9. The van der Waals surface area contributed by atoms with Crippen molar-refractivity contribution in [2.45, 2.75) is 39.5 Å². The summed E-state index contributed by atoms with van der Waals surface area (Å²) in [5, 5.41) is 12.4. The van der Waals surface area contributed by atoms with E-state index in [9.17, 15) is 5.11 Å². The van der Waals surface area contributed by atoms with Crippen molar-refractivity contribution in [3.05, 3.63) is 28.2 Å². The Morgan fingerprint density at radius 1 is 1.35 bits per heavy atom. The zero-order valence-electron chi connectivity index (χ0n) is 10.5. The third kappa shape index (κ3) is 5.52. The molecule has 1 unspecified atom stereocenters. The van der Waals surface area contributed by atoms with Crippen LogP contribution in [-0.2, 0) is 6.54 Å². The Morgan fingerprint density at radius 2 is 2.06 bits per heavy atom. The molecule has 0 spiro atoms. The lowest BCUT2D eigenvalue weighted by atomic mass is 10.2. The standard InChI is InChI=1S/C13H20BrNO2/c1-9(2)17-13-5-4-12(14)6-11(13)8-15-7-10(3)16/h4-6,9-10,15-16H,7-8H2,1-3H3. The fraction of sp³-hybridized carbons (Fsp3) is 0.538. The van der Waals surface area contributed by atoms with Gasteiger partial charge in [0.05, 0.1) is 12.2 Å². The van der Waals surface area contributed by atoms with Crippen molar-refractivity contribution in [2.75, 3.05) is 6.54 Å². The molecule has 17 heavy (non-hydrogen) atoms. The minimum absolute atomic E-state index is 0.159. The molecule has 0 aliphatic rings. The SMILES string of the molecule is CC(O)CNCc1cc(Br)ccc1OC(C)C. The summed E-state index contributed by atoms with van der Waals surface area (Å²) in [6.07, 6.45) is -0.177.